The normalized spacial score (nSPS) is 29.3. The summed E-state index contributed by atoms with van der Waals surface area (Å²) in [5.74, 6) is -1.19. The van der Waals surface area contributed by atoms with Crippen LogP contribution in [-0.4, -0.2) is 51.6 Å². The number of amides is 3. The van der Waals surface area contributed by atoms with E-state index in [1.54, 1.807) is 17.8 Å². The van der Waals surface area contributed by atoms with Gasteiger partial charge in [0.25, 0.3) is 0 Å². The molecular formula is C30H29N3O6S2. The third kappa shape index (κ3) is 4.12. The number of aromatic amines is 1. The fourth-order valence-corrected chi connectivity index (χ4v) is 10.5. The van der Waals surface area contributed by atoms with Gasteiger partial charge in [-0.3, -0.25) is 24.1 Å². The van der Waals surface area contributed by atoms with Gasteiger partial charge in [0.2, 0.25) is 17.7 Å². The van der Waals surface area contributed by atoms with Crippen molar-refractivity contribution in [2.45, 2.75) is 36.0 Å². The Kier molecular flexibility index (Phi) is 6.27. The molecule has 7 unspecified atom stereocenters. The molecule has 41 heavy (non-hydrogen) atoms. The minimum atomic E-state index is -0.423. The van der Waals surface area contributed by atoms with Crippen molar-refractivity contribution in [2.24, 2.45) is 29.6 Å². The van der Waals surface area contributed by atoms with Crippen molar-refractivity contribution in [3.05, 3.63) is 68.1 Å². The lowest BCUT2D eigenvalue weighted by Crippen LogP contribution is -2.42. The fraction of sp³-hybridized carbons (Fsp3) is 0.400. The number of anilines is 1. The van der Waals surface area contributed by atoms with Crippen LogP contribution in [0.1, 0.15) is 34.8 Å². The Morgan fingerprint density at radius 3 is 2.56 bits per heavy atom. The van der Waals surface area contributed by atoms with Crippen LogP contribution in [0.15, 0.2) is 52.3 Å². The highest BCUT2D eigenvalue weighted by atomic mass is 32.2. The SMILES string of the molecule is COc1cc(C2c3sc(=O)[nH]c3SC3C4CC(C5C(=O)N(CCC(=O)Nc6ccc(C)cc6)C(=O)C45)C23)ccc1O. The number of nitrogens with zero attached hydrogens (tertiary/aromatic N) is 1. The van der Waals surface area contributed by atoms with Gasteiger partial charge in [0, 0.05) is 34.7 Å². The maximum Gasteiger partial charge on any atom is 0.305 e. The molecule has 3 amide bonds. The lowest BCUT2D eigenvalue weighted by Gasteiger charge is -2.43. The van der Waals surface area contributed by atoms with E-state index in [0.29, 0.717) is 11.4 Å². The Bertz CT molecular complexity index is 1630. The lowest BCUT2D eigenvalue weighted by molar-refractivity contribution is -0.141. The number of likely N-dealkylation sites (tertiary alicyclic amines) is 1. The van der Waals surface area contributed by atoms with Crippen molar-refractivity contribution < 1.29 is 24.2 Å². The maximum absolute atomic E-state index is 13.8. The minimum Gasteiger partial charge on any atom is -0.504 e. The van der Waals surface area contributed by atoms with Crippen molar-refractivity contribution in [3.63, 3.8) is 0 Å². The van der Waals surface area contributed by atoms with E-state index in [4.69, 9.17) is 4.74 Å². The highest BCUT2D eigenvalue weighted by Crippen LogP contribution is 2.68. The molecule has 2 aromatic carbocycles. The van der Waals surface area contributed by atoms with Gasteiger partial charge in [-0.15, -0.1) is 11.8 Å². The summed E-state index contributed by atoms with van der Waals surface area (Å²) < 4.78 is 5.39. The predicted octanol–water partition coefficient (Wildman–Crippen LogP) is 3.96. The summed E-state index contributed by atoms with van der Waals surface area (Å²) >= 11 is 2.81. The van der Waals surface area contributed by atoms with Gasteiger partial charge in [-0.1, -0.05) is 35.1 Å². The number of nitrogens with one attached hydrogen (secondary N) is 2. The van der Waals surface area contributed by atoms with Crippen LogP contribution in [0.4, 0.5) is 5.69 Å². The zero-order chi connectivity index (χ0) is 28.6. The molecule has 0 spiro atoms. The summed E-state index contributed by atoms with van der Waals surface area (Å²) in [5, 5.41) is 14.0. The maximum atomic E-state index is 13.8. The number of aromatic hydroxyl groups is 1. The second kappa shape index (κ2) is 9.77. The summed E-state index contributed by atoms with van der Waals surface area (Å²) in [4.78, 5) is 57.6. The number of imide groups is 1. The van der Waals surface area contributed by atoms with Gasteiger partial charge >= 0.3 is 4.87 Å². The number of aryl methyl sites for hydroxylation is 1. The predicted molar refractivity (Wildman–Crippen MR) is 154 cm³/mol. The molecule has 3 fully saturated rings. The summed E-state index contributed by atoms with van der Waals surface area (Å²) in [6, 6.07) is 12.7. The van der Waals surface area contributed by atoms with Crippen LogP contribution in [0.3, 0.4) is 0 Å². The molecule has 2 aliphatic heterocycles. The van der Waals surface area contributed by atoms with E-state index in [1.165, 1.54) is 23.3 Å². The third-order valence-corrected chi connectivity index (χ3v) is 11.9. The summed E-state index contributed by atoms with van der Waals surface area (Å²) in [6.45, 7) is 2.03. The molecule has 1 aromatic heterocycles. The number of carbonyl (C=O) groups excluding carboxylic acids is 3. The first kappa shape index (κ1) is 26.3. The van der Waals surface area contributed by atoms with Gasteiger partial charge in [0.15, 0.2) is 11.5 Å². The minimum absolute atomic E-state index is 0.000831. The van der Waals surface area contributed by atoms with Gasteiger partial charge in [0.1, 0.15) is 0 Å². The van der Waals surface area contributed by atoms with E-state index in [2.05, 4.69) is 10.3 Å². The van der Waals surface area contributed by atoms with Gasteiger partial charge in [0.05, 0.1) is 24.0 Å². The Morgan fingerprint density at radius 1 is 1.10 bits per heavy atom. The molecule has 7 rings (SSSR count). The average Bonchev–Trinajstić information content (AvgIpc) is 3.68. The number of benzene rings is 2. The molecule has 1 saturated heterocycles. The number of phenolic OH excluding ortho intramolecular Hbond substituents is 1. The largest absolute Gasteiger partial charge is 0.504 e. The molecule has 3 N–H and O–H groups in total. The Balaban J connectivity index is 1.15. The average molecular weight is 592 g/mol. The molecule has 2 saturated carbocycles. The van der Waals surface area contributed by atoms with Crippen LogP contribution in [0, 0.1) is 36.5 Å². The number of methoxy groups -OCH3 is 1. The van der Waals surface area contributed by atoms with E-state index >= 15 is 0 Å². The van der Waals surface area contributed by atoms with Crippen molar-refractivity contribution in [3.8, 4) is 11.5 Å². The van der Waals surface area contributed by atoms with Crippen molar-refractivity contribution in [1.82, 2.24) is 9.88 Å². The smallest absolute Gasteiger partial charge is 0.305 e. The van der Waals surface area contributed by atoms with Crippen LogP contribution in [-0.2, 0) is 14.4 Å². The van der Waals surface area contributed by atoms with Gasteiger partial charge in [-0.2, -0.15) is 0 Å². The molecule has 7 atom stereocenters. The van der Waals surface area contributed by atoms with Crippen LogP contribution in [0.2, 0.25) is 0 Å². The van der Waals surface area contributed by atoms with E-state index in [-0.39, 0.29) is 70.2 Å². The number of fused-ring (bicyclic) bond motifs is 9. The number of thioether (sulfide) groups is 1. The van der Waals surface area contributed by atoms with Crippen LogP contribution in [0.5, 0.6) is 11.5 Å². The number of ether oxygens (including phenoxy) is 1. The number of phenols is 1. The first-order valence-electron chi connectivity index (χ1n) is 13.7. The molecule has 11 heteroatoms. The fourth-order valence-electron chi connectivity index (χ4n) is 7.63. The first-order valence-corrected chi connectivity index (χ1v) is 15.4. The molecule has 212 valence electrons. The van der Waals surface area contributed by atoms with E-state index in [1.807, 2.05) is 43.3 Å². The number of thiazole rings is 1. The molecular weight excluding hydrogens is 562 g/mol. The Labute approximate surface area is 244 Å². The summed E-state index contributed by atoms with van der Waals surface area (Å²) in [6.07, 6.45) is 0.817. The van der Waals surface area contributed by atoms with Gasteiger partial charge in [-0.05, 0) is 60.9 Å². The molecule has 9 nitrogen and oxygen atoms in total. The Morgan fingerprint density at radius 2 is 1.83 bits per heavy atom. The zero-order valence-electron chi connectivity index (χ0n) is 22.5. The van der Waals surface area contributed by atoms with Crippen LogP contribution >= 0.6 is 23.1 Å². The monoisotopic (exact) mass is 591 g/mol. The topological polar surface area (TPSA) is 129 Å². The van der Waals surface area contributed by atoms with E-state index < -0.39 is 11.8 Å². The zero-order valence-corrected chi connectivity index (χ0v) is 24.1. The van der Waals surface area contributed by atoms with Crippen LogP contribution < -0.4 is 14.9 Å². The van der Waals surface area contributed by atoms with E-state index in [0.717, 1.165) is 27.5 Å². The Hall–Kier alpha value is -3.57. The first-order chi connectivity index (χ1) is 19.7. The number of hydrogen-bond donors (Lipinski definition) is 3. The third-order valence-electron chi connectivity index (χ3n) is 9.28. The molecule has 3 heterocycles. The number of carbonyl (C=O) groups is 3. The standard InChI is InChI=1S/C30H29N3O6S2/c1-13-3-6-15(7-4-13)31-20(35)9-10-33-28(36)23-16-12-17(24(23)29(33)37)25-22(16)21(26-27(40-25)32-30(38)41-26)14-5-8-18(34)19(11-14)39-2/h3-8,11,16-17,21-25,34H,9-10,12H2,1-2H3,(H,31,35)(H,32,38). The summed E-state index contributed by atoms with van der Waals surface area (Å²) in [7, 11) is 1.50. The lowest BCUT2D eigenvalue weighted by atomic mass is 9.68. The molecule has 2 bridgehead atoms. The van der Waals surface area contributed by atoms with Gasteiger partial charge < -0.3 is 20.1 Å². The van der Waals surface area contributed by atoms with Crippen molar-refractivity contribution >= 4 is 46.5 Å². The number of aromatic nitrogens is 1. The molecule has 4 aliphatic rings. The quantitative estimate of drug-likeness (QED) is 0.370. The molecule has 0 radical (unpaired) electrons. The number of hydrogen-bond acceptors (Lipinski definition) is 8. The van der Waals surface area contributed by atoms with Crippen molar-refractivity contribution in [1.29, 1.82) is 0 Å². The summed E-state index contributed by atoms with van der Waals surface area (Å²) in [5.41, 5.74) is 2.68. The van der Waals surface area contributed by atoms with Gasteiger partial charge in [-0.25, -0.2) is 0 Å². The second-order valence-corrected chi connectivity index (χ2v) is 13.6. The number of H-pyrrole nitrogens is 1. The highest BCUT2D eigenvalue weighted by molar-refractivity contribution is 8.00. The van der Waals surface area contributed by atoms with Crippen molar-refractivity contribution in [2.75, 3.05) is 19.0 Å². The molecule has 2 aliphatic carbocycles. The second-order valence-electron chi connectivity index (χ2n) is 11.4. The number of rotatable bonds is 6. The molecule has 3 aromatic rings. The van der Waals surface area contributed by atoms with E-state index in [9.17, 15) is 24.3 Å². The highest BCUT2D eigenvalue weighted by Gasteiger charge is 2.69. The van der Waals surface area contributed by atoms with Crippen LogP contribution in [0.25, 0.3) is 0 Å².